The minimum atomic E-state index is -1.04. The lowest BCUT2D eigenvalue weighted by Crippen LogP contribution is -1.98. The van der Waals surface area contributed by atoms with Gasteiger partial charge >= 0.3 is 5.97 Å². The molecule has 0 unspecified atom stereocenters. The topological polar surface area (TPSA) is 57.5 Å². The smallest absolute Gasteiger partial charge is 0.336 e. The summed E-state index contributed by atoms with van der Waals surface area (Å²) in [4.78, 5) is 12.7. The summed E-state index contributed by atoms with van der Waals surface area (Å²) >= 11 is 3.58. The molecule has 2 N–H and O–H groups in total. The van der Waals surface area contributed by atoms with Crippen LogP contribution in [0.5, 0.6) is 5.75 Å². The highest BCUT2D eigenvalue weighted by Gasteiger charge is 2.12. The number of carbonyl (C=O) groups is 1. The molecule has 18 heavy (non-hydrogen) atoms. The van der Waals surface area contributed by atoms with E-state index in [-0.39, 0.29) is 11.3 Å². The predicted molar refractivity (Wildman–Crippen MR) is 78.3 cm³/mol. The molecule has 0 aliphatic rings. The Morgan fingerprint density at radius 2 is 1.78 bits per heavy atom. The normalized spacial score (nSPS) is 10.3. The number of carboxylic acids is 1. The van der Waals surface area contributed by atoms with Crippen LogP contribution in [0.25, 0.3) is 0 Å². The van der Waals surface area contributed by atoms with Crippen molar-refractivity contribution in [1.82, 2.24) is 0 Å². The first-order valence-corrected chi connectivity index (χ1v) is 6.95. The molecular weight excluding hydrogens is 363 g/mol. The summed E-state index contributed by atoms with van der Waals surface area (Å²) < 4.78 is 1.13. The van der Waals surface area contributed by atoms with Gasteiger partial charge in [-0.05, 0) is 65.1 Å². The van der Waals surface area contributed by atoms with E-state index in [0.717, 1.165) is 8.47 Å². The third-order valence-electron chi connectivity index (χ3n) is 2.24. The van der Waals surface area contributed by atoms with E-state index < -0.39 is 5.97 Å². The predicted octanol–water partition coefficient (Wildman–Crippen LogP) is 3.85. The van der Waals surface area contributed by atoms with Gasteiger partial charge in [0.2, 0.25) is 0 Å². The molecule has 0 saturated heterocycles. The highest BCUT2D eigenvalue weighted by Crippen LogP contribution is 2.32. The van der Waals surface area contributed by atoms with Gasteiger partial charge < -0.3 is 10.2 Å². The fraction of sp³-hybridized carbons (Fsp3) is 0. The SMILES string of the molecule is O=C(O)c1cc(O)ccc1Sc1ccc(I)cc1. The van der Waals surface area contributed by atoms with Gasteiger partial charge in [0.15, 0.2) is 0 Å². The van der Waals surface area contributed by atoms with Crippen molar-refractivity contribution in [2.75, 3.05) is 0 Å². The number of aromatic hydroxyl groups is 1. The second-order valence-electron chi connectivity index (χ2n) is 3.54. The van der Waals surface area contributed by atoms with Crippen LogP contribution in [-0.2, 0) is 0 Å². The van der Waals surface area contributed by atoms with Crippen molar-refractivity contribution in [2.45, 2.75) is 9.79 Å². The molecule has 2 rings (SSSR count). The van der Waals surface area contributed by atoms with Crippen LogP contribution in [-0.4, -0.2) is 16.2 Å². The van der Waals surface area contributed by atoms with Crippen molar-refractivity contribution in [2.24, 2.45) is 0 Å². The first-order chi connectivity index (χ1) is 8.56. The van der Waals surface area contributed by atoms with Gasteiger partial charge in [0.25, 0.3) is 0 Å². The third kappa shape index (κ3) is 3.17. The molecule has 3 nitrogen and oxygen atoms in total. The minimum Gasteiger partial charge on any atom is -0.508 e. The van der Waals surface area contributed by atoms with Gasteiger partial charge in [0.05, 0.1) is 5.56 Å². The zero-order chi connectivity index (χ0) is 13.1. The van der Waals surface area contributed by atoms with Gasteiger partial charge in [-0.1, -0.05) is 11.8 Å². The molecule has 0 heterocycles. The Morgan fingerprint density at radius 3 is 2.39 bits per heavy atom. The lowest BCUT2D eigenvalue weighted by Gasteiger charge is -2.06. The van der Waals surface area contributed by atoms with E-state index in [9.17, 15) is 9.90 Å². The largest absolute Gasteiger partial charge is 0.508 e. The van der Waals surface area contributed by atoms with Crippen molar-refractivity contribution in [3.63, 3.8) is 0 Å². The van der Waals surface area contributed by atoms with E-state index in [1.807, 2.05) is 24.3 Å². The van der Waals surface area contributed by atoms with Crippen LogP contribution in [0.3, 0.4) is 0 Å². The fourth-order valence-electron chi connectivity index (χ4n) is 1.40. The molecule has 0 saturated carbocycles. The molecule has 0 aromatic heterocycles. The number of hydrogen-bond acceptors (Lipinski definition) is 3. The number of aromatic carboxylic acids is 1. The van der Waals surface area contributed by atoms with Crippen LogP contribution in [0.15, 0.2) is 52.3 Å². The second kappa shape index (κ2) is 5.62. The molecular formula is C13H9IO3S. The van der Waals surface area contributed by atoms with Gasteiger partial charge in [0.1, 0.15) is 5.75 Å². The molecule has 0 aliphatic carbocycles. The van der Waals surface area contributed by atoms with Gasteiger partial charge in [-0.25, -0.2) is 4.79 Å². The number of benzene rings is 2. The summed E-state index contributed by atoms with van der Waals surface area (Å²) in [6, 6.07) is 12.2. The van der Waals surface area contributed by atoms with Crippen molar-refractivity contribution in [3.8, 4) is 5.75 Å². The number of halogens is 1. The van der Waals surface area contributed by atoms with Crippen molar-refractivity contribution < 1.29 is 15.0 Å². The Bertz CT molecular complexity index is 581. The molecule has 0 bridgehead atoms. The van der Waals surface area contributed by atoms with Gasteiger partial charge in [-0.15, -0.1) is 0 Å². The van der Waals surface area contributed by atoms with Gasteiger partial charge in [0, 0.05) is 13.4 Å². The van der Waals surface area contributed by atoms with E-state index >= 15 is 0 Å². The Kier molecular flexibility index (Phi) is 4.13. The average Bonchev–Trinajstić information content (AvgIpc) is 2.34. The van der Waals surface area contributed by atoms with Gasteiger partial charge in [-0.3, -0.25) is 0 Å². The highest BCUT2D eigenvalue weighted by molar-refractivity contribution is 14.1. The number of phenols is 1. The Morgan fingerprint density at radius 1 is 1.11 bits per heavy atom. The van der Waals surface area contributed by atoms with E-state index in [1.54, 1.807) is 6.07 Å². The van der Waals surface area contributed by atoms with Crippen LogP contribution < -0.4 is 0 Å². The average molecular weight is 372 g/mol. The van der Waals surface area contributed by atoms with Crippen LogP contribution in [0.1, 0.15) is 10.4 Å². The van der Waals surface area contributed by atoms with E-state index in [2.05, 4.69) is 22.6 Å². The molecule has 0 atom stereocenters. The van der Waals surface area contributed by atoms with Gasteiger partial charge in [-0.2, -0.15) is 0 Å². The molecule has 2 aromatic rings. The van der Waals surface area contributed by atoms with E-state index in [0.29, 0.717) is 4.90 Å². The summed E-state index contributed by atoms with van der Waals surface area (Å²) in [5, 5.41) is 18.4. The molecule has 2 aromatic carbocycles. The van der Waals surface area contributed by atoms with Crippen molar-refractivity contribution in [3.05, 3.63) is 51.6 Å². The van der Waals surface area contributed by atoms with E-state index in [1.165, 1.54) is 23.9 Å². The maximum absolute atomic E-state index is 11.1. The van der Waals surface area contributed by atoms with Crippen molar-refractivity contribution in [1.29, 1.82) is 0 Å². The number of hydrogen-bond donors (Lipinski definition) is 2. The Hall–Kier alpha value is -1.21. The standard InChI is InChI=1S/C13H9IO3S/c14-8-1-4-10(5-2-8)18-12-6-3-9(15)7-11(12)13(16)17/h1-7,15H,(H,16,17). The molecule has 92 valence electrons. The number of rotatable bonds is 3. The lowest BCUT2D eigenvalue weighted by atomic mass is 10.2. The summed E-state index contributed by atoms with van der Waals surface area (Å²) in [6.07, 6.45) is 0. The second-order valence-corrected chi connectivity index (χ2v) is 5.90. The number of phenolic OH excluding ortho intramolecular Hbond substituents is 1. The molecule has 0 aliphatic heterocycles. The molecule has 0 radical (unpaired) electrons. The third-order valence-corrected chi connectivity index (χ3v) is 4.04. The maximum atomic E-state index is 11.1. The molecule has 0 spiro atoms. The molecule has 5 heteroatoms. The van der Waals surface area contributed by atoms with Crippen LogP contribution in [0.4, 0.5) is 0 Å². The van der Waals surface area contributed by atoms with E-state index in [4.69, 9.17) is 5.11 Å². The fourth-order valence-corrected chi connectivity index (χ4v) is 2.68. The van der Waals surface area contributed by atoms with Crippen LogP contribution >= 0.6 is 34.4 Å². The zero-order valence-electron chi connectivity index (χ0n) is 9.13. The lowest BCUT2D eigenvalue weighted by molar-refractivity contribution is 0.0692. The molecule has 0 amide bonds. The first-order valence-electron chi connectivity index (χ1n) is 5.06. The number of carboxylic acid groups (broad SMARTS) is 1. The first kappa shape index (κ1) is 13.2. The van der Waals surface area contributed by atoms with Crippen LogP contribution in [0.2, 0.25) is 0 Å². The summed E-state index contributed by atoms with van der Waals surface area (Å²) in [6.45, 7) is 0. The summed E-state index contributed by atoms with van der Waals surface area (Å²) in [5.41, 5.74) is 0.110. The molecule has 0 fully saturated rings. The van der Waals surface area contributed by atoms with Crippen LogP contribution in [0, 0.1) is 3.57 Å². The monoisotopic (exact) mass is 372 g/mol. The zero-order valence-corrected chi connectivity index (χ0v) is 12.1. The van der Waals surface area contributed by atoms with Crippen molar-refractivity contribution >= 4 is 40.3 Å². The summed E-state index contributed by atoms with van der Waals surface area (Å²) in [7, 11) is 0. The minimum absolute atomic E-state index is 0.0423. The Balaban J connectivity index is 2.34. The quantitative estimate of drug-likeness (QED) is 0.804. The maximum Gasteiger partial charge on any atom is 0.336 e. The highest BCUT2D eigenvalue weighted by atomic mass is 127. The Labute approximate surface area is 122 Å². The summed E-state index contributed by atoms with van der Waals surface area (Å²) in [5.74, 6) is -1.08.